The lowest BCUT2D eigenvalue weighted by molar-refractivity contribution is 0.510. The van der Waals surface area contributed by atoms with Crippen molar-refractivity contribution in [1.82, 2.24) is 0 Å². The van der Waals surface area contributed by atoms with Crippen molar-refractivity contribution in [2.75, 3.05) is 5.32 Å². The second kappa shape index (κ2) is 5.23. The van der Waals surface area contributed by atoms with Crippen molar-refractivity contribution in [3.63, 3.8) is 0 Å². The fourth-order valence-corrected chi connectivity index (χ4v) is 2.57. The van der Waals surface area contributed by atoms with Crippen LogP contribution in [0.15, 0.2) is 24.3 Å². The van der Waals surface area contributed by atoms with Gasteiger partial charge in [0.25, 0.3) is 0 Å². The van der Waals surface area contributed by atoms with Crippen molar-refractivity contribution < 1.29 is 0 Å². The topological polar surface area (TPSA) is 35.8 Å². The highest BCUT2D eigenvalue weighted by Gasteiger charge is 2.30. The first-order valence-electron chi connectivity index (χ1n) is 6.51. The summed E-state index contributed by atoms with van der Waals surface area (Å²) in [6, 6.07) is 10.7. The summed E-state index contributed by atoms with van der Waals surface area (Å²) in [7, 11) is 0. The molecule has 90 valence electrons. The van der Waals surface area contributed by atoms with Gasteiger partial charge in [-0.15, -0.1) is 0 Å². The van der Waals surface area contributed by atoms with Gasteiger partial charge in [-0.2, -0.15) is 5.26 Å². The van der Waals surface area contributed by atoms with E-state index in [1.165, 1.54) is 18.4 Å². The van der Waals surface area contributed by atoms with Crippen LogP contribution in [0.4, 0.5) is 5.69 Å². The Morgan fingerprint density at radius 1 is 1.12 bits per heavy atom. The molecule has 1 fully saturated rings. The zero-order valence-electron chi connectivity index (χ0n) is 10.5. The monoisotopic (exact) mass is 228 g/mol. The Hall–Kier alpha value is -1.49. The van der Waals surface area contributed by atoms with Crippen LogP contribution in [0.25, 0.3) is 0 Å². The Morgan fingerprint density at radius 3 is 2.35 bits per heavy atom. The van der Waals surface area contributed by atoms with Crippen LogP contribution in [0.2, 0.25) is 0 Å². The average molecular weight is 228 g/mol. The number of anilines is 1. The van der Waals surface area contributed by atoms with Crippen LogP contribution in [0, 0.1) is 18.3 Å². The Balaban J connectivity index is 2.19. The second-order valence-electron chi connectivity index (χ2n) is 5.05. The highest BCUT2D eigenvalue weighted by atomic mass is 15.0. The van der Waals surface area contributed by atoms with E-state index in [2.05, 4.69) is 30.4 Å². The maximum Gasteiger partial charge on any atom is 0.125 e. The largest absolute Gasteiger partial charge is 0.367 e. The molecule has 0 bridgehead atoms. The molecule has 0 spiro atoms. The standard InChI is InChI=1S/C15H20N2/c1-13-8-4-5-9-14(13)17-15(12-16)10-6-2-3-7-11-15/h4-5,8-9,17H,2-3,6-7,10-11H2,1H3. The minimum Gasteiger partial charge on any atom is -0.367 e. The van der Waals surface area contributed by atoms with Gasteiger partial charge in [0.05, 0.1) is 6.07 Å². The van der Waals surface area contributed by atoms with E-state index in [9.17, 15) is 5.26 Å². The van der Waals surface area contributed by atoms with Crippen molar-refractivity contribution >= 4 is 5.69 Å². The van der Waals surface area contributed by atoms with Crippen molar-refractivity contribution in [2.45, 2.75) is 51.0 Å². The van der Waals surface area contributed by atoms with Gasteiger partial charge in [-0.25, -0.2) is 0 Å². The third kappa shape index (κ3) is 2.79. The Kier molecular flexibility index (Phi) is 3.68. The van der Waals surface area contributed by atoms with E-state index in [0.717, 1.165) is 31.4 Å². The van der Waals surface area contributed by atoms with Gasteiger partial charge in [0.1, 0.15) is 5.54 Å². The Bertz CT molecular complexity index is 409. The van der Waals surface area contributed by atoms with Gasteiger partial charge < -0.3 is 5.32 Å². The SMILES string of the molecule is Cc1ccccc1NC1(C#N)CCCCCC1. The van der Waals surface area contributed by atoms with Crippen LogP contribution in [-0.4, -0.2) is 5.54 Å². The molecule has 0 aliphatic heterocycles. The number of nitriles is 1. The first-order chi connectivity index (χ1) is 8.26. The van der Waals surface area contributed by atoms with Gasteiger partial charge in [-0.3, -0.25) is 0 Å². The lowest BCUT2D eigenvalue weighted by Gasteiger charge is -2.28. The molecule has 17 heavy (non-hydrogen) atoms. The van der Waals surface area contributed by atoms with E-state index in [1.54, 1.807) is 0 Å². The van der Waals surface area contributed by atoms with E-state index in [0.29, 0.717) is 0 Å². The molecule has 1 N–H and O–H groups in total. The third-order valence-corrected chi connectivity index (χ3v) is 3.69. The second-order valence-corrected chi connectivity index (χ2v) is 5.05. The van der Waals surface area contributed by atoms with Crippen LogP contribution >= 0.6 is 0 Å². The molecule has 2 nitrogen and oxygen atoms in total. The number of benzene rings is 1. The minimum atomic E-state index is -0.345. The van der Waals surface area contributed by atoms with Crippen molar-refractivity contribution in [3.05, 3.63) is 29.8 Å². The molecule has 1 aliphatic carbocycles. The molecule has 0 saturated heterocycles. The summed E-state index contributed by atoms with van der Waals surface area (Å²) in [5.74, 6) is 0. The molecular weight excluding hydrogens is 208 g/mol. The molecule has 0 amide bonds. The number of rotatable bonds is 2. The molecule has 2 heteroatoms. The number of para-hydroxylation sites is 1. The predicted molar refractivity (Wildman–Crippen MR) is 70.8 cm³/mol. The summed E-state index contributed by atoms with van der Waals surface area (Å²) < 4.78 is 0. The van der Waals surface area contributed by atoms with Crippen LogP contribution in [0.1, 0.15) is 44.1 Å². The number of aryl methyl sites for hydroxylation is 1. The van der Waals surface area contributed by atoms with Gasteiger partial charge in [-0.05, 0) is 31.4 Å². The predicted octanol–water partition coefficient (Wildman–Crippen LogP) is 4.02. The van der Waals surface area contributed by atoms with Crippen LogP contribution < -0.4 is 5.32 Å². The lowest BCUT2D eigenvalue weighted by Crippen LogP contribution is -2.36. The number of hydrogen-bond acceptors (Lipinski definition) is 2. The molecule has 1 aliphatic rings. The van der Waals surface area contributed by atoms with Gasteiger partial charge in [0, 0.05) is 5.69 Å². The van der Waals surface area contributed by atoms with E-state index < -0.39 is 0 Å². The fourth-order valence-electron chi connectivity index (χ4n) is 2.57. The van der Waals surface area contributed by atoms with Gasteiger partial charge in [-0.1, -0.05) is 43.9 Å². The van der Waals surface area contributed by atoms with Crippen LogP contribution in [0.3, 0.4) is 0 Å². The Labute approximate surface area is 104 Å². The molecule has 0 unspecified atom stereocenters. The molecule has 1 aromatic rings. The average Bonchev–Trinajstić information content (AvgIpc) is 2.58. The minimum absolute atomic E-state index is 0.345. The zero-order valence-corrected chi connectivity index (χ0v) is 10.5. The molecule has 0 heterocycles. The summed E-state index contributed by atoms with van der Waals surface area (Å²) in [5, 5.41) is 13.0. The maximum atomic E-state index is 9.51. The molecule has 1 aromatic carbocycles. The first kappa shape index (κ1) is 12.0. The number of nitrogens with zero attached hydrogens (tertiary/aromatic N) is 1. The molecule has 1 saturated carbocycles. The highest BCUT2D eigenvalue weighted by Crippen LogP contribution is 2.31. The fraction of sp³-hybridized carbons (Fsp3) is 0.533. The highest BCUT2D eigenvalue weighted by molar-refractivity contribution is 5.53. The number of hydrogen-bond donors (Lipinski definition) is 1. The molecule has 2 rings (SSSR count). The van der Waals surface area contributed by atoms with Crippen LogP contribution in [-0.2, 0) is 0 Å². The third-order valence-electron chi connectivity index (χ3n) is 3.69. The molecule has 0 aromatic heterocycles. The normalized spacial score (nSPS) is 19.1. The van der Waals surface area contributed by atoms with Gasteiger partial charge >= 0.3 is 0 Å². The number of nitrogens with one attached hydrogen (secondary N) is 1. The maximum absolute atomic E-state index is 9.51. The van der Waals surface area contributed by atoms with E-state index in [4.69, 9.17) is 0 Å². The van der Waals surface area contributed by atoms with Gasteiger partial charge in [0.2, 0.25) is 0 Å². The summed E-state index contributed by atoms with van der Waals surface area (Å²) in [5.41, 5.74) is 1.98. The lowest BCUT2D eigenvalue weighted by atomic mass is 9.91. The van der Waals surface area contributed by atoms with E-state index >= 15 is 0 Å². The van der Waals surface area contributed by atoms with E-state index in [1.807, 2.05) is 12.1 Å². The summed E-state index contributed by atoms with van der Waals surface area (Å²) in [6.07, 6.45) is 6.78. The molecule has 0 atom stereocenters. The van der Waals surface area contributed by atoms with Crippen LogP contribution in [0.5, 0.6) is 0 Å². The Morgan fingerprint density at radius 2 is 1.76 bits per heavy atom. The zero-order chi connectivity index (χ0) is 12.1. The summed E-state index contributed by atoms with van der Waals surface area (Å²) in [4.78, 5) is 0. The quantitative estimate of drug-likeness (QED) is 0.776. The smallest absolute Gasteiger partial charge is 0.125 e. The molecular formula is C15H20N2. The van der Waals surface area contributed by atoms with E-state index in [-0.39, 0.29) is 5.54 Å². The first-order valence-corrected chi connectivity index (χ1v) is 6.51. The van der Waals surface area contributed by atoms with Crippen molar-refractivity contribution in [2.24, 2.45) is 0 Å². The van der Waals surface area contributed by atoms with Gasteiger partial charge in [0.15, 0.2) is 0 Å². The molecule has 0 radical (unpaired) electrons. The van der Waals surface area contributed by atoms with Crippen molar-refractivity contribution in [1.29, 1.82) is 5.26 Å². The summed E-state index contributed by atoms with van der Waals surface area (Å²) in [6.45, 7) is 2.09. The summed E-state index contributed by atoms with van der Waals surface area (Å²) >= 11 is 0. The van der Waals surface area contributed by atoms with Crippen molar-refractivity contribution in [3.8, 4) is 6.07 Å².